The smallest absolute Gasteiger partial charge is 0.320 e. The molecule has 4 rings (SSSR count). The molecule has 26 heavy (non-hydrogen) atoms. The first-order chi connectivity index (χ1) is 12.6. The highest BCUT2D eigenvalue weighted by atomic mass is 19.1. The molecule has 4 aliphatic rings. The van der Waals surface area contributed by atoms with E-state index >= 15 is 0 Å². The zero-order valence-electron chi connectivity index (χ0n) is 15.5. The minimum atomic E-state index is -1.09. The van der Waals surface area contributed by atoms with Gasteiger partial charge in [-0.3, -0.25) is 0 Å². The van der Waals surface area contributed by atoms with Crippen LogP contribution in [-0.4, -0.2) is 53.1 Å². The van der Waals surface area contributed by atoms with Crippen LogP contribution in [-0.2, 0) is 0 Å². The molecular weight excluding hydrogens is 336 g/mol. The summed E-state index contributed by atoms with van der Waals surface area (Å²) in [6.07, 6.45) is 9.64. The Balaban J connectivity index is 1.36. The van der Waals surface area contributed by atoms with Crippen LogP contribution in [0.25, 0.3) is 0 Å². The Hall–Kier alpha value is -1.20. The average Bonchev–Trinajstić information content (AvgIpc) is 3.08. The van der Waals surface area contributed by atoms with Gasteiger partial charge in [0.2, 0.25) is 0 Å². The van der Waals surface area contributed by atoms with Crippen molar-refractivity contribution >= 4 is 12.2 Å². The standard InChI is InChI=1S/C20H31F2N3O/c21-16-11-15(12-17(22)13-16)19-6-8-23-25(19)20(26)24-9-7-18(24)10-14-4-2-1-3-5-14/h8,14-19H,1-7,9-13H2/t15?,16?,17?,18?,19-/m0/s1. The number of rotatable bonds is 3. The van der Waals surface area contributed by atoms with Gasteiger partial charge in [-0.15, -0.1) is 0 Å². The van der Waals surface area contributed by atoms with Crippen molar-refractivity contribution in [3.8, 4) is 0 Å². The molecule has 0 bridgehead atoms. The molecule has 2 saturated carbocycles. The number of hydrogen-bond acceptors (Lipinski definition) is 2. The second-order valence-corrected chi connectivity index (χ2v) is 8.77. The molecule has 4 atom stereocenters. The molecule has 0 aromatic heterocycles. The summed E-state index contributed by atoms with van der Waals surface area (Å²) in [6.45, 7) is 0.789. The van der Waals surface area contributed by atoms with Crippen LogP contribution in [0.4, 0.5) is 13.6 Å². The lowest BCUT2D eigenvalue weighted by molar-refractivity contribution is 0.0365. The molecule has 3 unspecified atom stereocenters. The minimum absolute atomic E-state index is 0.00755. The highest BCUT2D eigenvalue weighted by molar-refractivity contribution is 5.79. The van der Waals surface area contributed by atoms with Crippen LogP contribution < -0.4 is 0 Å². The van der Waals surface area contributed by atoms with Crippen LogP contribution in [0, 0.1) is 11.8 Å². The average molecular weight is 367 g/mol. The van der Waals surface area contributed by atoms with E-state index in [9.17, 15) is 13.6 Å². The summed E-state index contributed by atoms with van der Waals surface area (Å²) in [6, 6.07) is 0.110. The first kappa shape index (κ1) is 18.2. The Bertz CT molecular complexity index is 527. The van der Waals surface area contributed by atoms with E-state index in [0.717, 1.165) is 25.3 Å². The third-order valence-electron chi connectivity index (χ3n) is 6.96. The summed E-state index contributed by atoms with van der Waals surface area (Å²) in [4.78, 5) is 15.0. The van der Waals surface area contributed by atoms with Crippen molar-refractivity contribution in [1.29, 1.82) is 0 Å². The van der Waals surface area contributed by atoms with Gasteiger partial charge >= 0.3 is 6.03 Å². The Labute approximate surface area is 155 Å². The van der Waals surface area contributed by atoms with Crippen molar-refractivity contribution in [3.05, 3.63) is 0 Å². The van der Waals surface area contributed by atoms with E-state index in [4.69, 9.17) is 0 Å². The summed E-state index contributed by atoms with van der Waals surface area (Å²) in [7, 11) is 0. The van der Waals surface area contributed by atoms with E-state index in [0.29, 0.717) is 25.3 Å². The number of carbonyl (C=O) groups excluding carboxylic acids is 1. The highest BCUT2D eigenvalue weighted by Gasteiger charge is 2.43. The fraction of sp³-hybridized carbons (Fsp3) is 0.900. The van der Waals surface area contributed by atoms with E-state index in [1.54, 1.807) is 11.2 Å². The van der Waals surface area contributed by atoms with Crippen molar-refractivity contribution in [2.24, 2.45) is 16.9 Å². The fourth-order valence-electron chi connectivity index (χ4n) is 5.43. The van der Waals surface area contributed by atoms with Gasteiger partial charge in [-0.2, -0.15) is 5.10 Å². The largest absolute Gasteiger partial charge is 0.340 e. The molecule has 3 fully saturated rings. The maximum atomic E-state index is 13.8. The van der Waals surface area contributed by atoms with Gasteiger partial charge in [-0.1, -0.05) is 32.1 Å². The summed E-state index contributed by atoms with van der Waals surface area (Å²) >= 11 is 0. The predicted octanol–water partition coefficient (Wildman–Crippen LogP) is 4.69. The molecule has 2 amide bonds. The molecule has 0 aromatic rings. The molecule has 0 spiro atoms. The lowest BCUT2D eigenvalue weighted by Gasteiger charge is -2.45. The zero-order chi connectivity index (χ0) is 18.1. The maximum Gasteiger partial charge on any atom is 0.340 e. The zero-order valence-corrected chi connectivity index (χ0v) is 15.5. The van der Waals surface area contributed by atoms with Crippen LogP contribution in [0.3, 0.4) is 0 Å². The predicted molar refractivity (Wildman–Crippen MR) is 97.6 cm³/mol. The van der Waals surface area contributed by atoms with Crippen molar-refractivity contribution in [2.75, 3.05) is 6.54 Å². The lowest BCUT2D eigenvalue weighted by Crippen LogP contribution is -2.57. The molecule has 6 heteroatoms. The molecule has 1 saturated heterocycles. The van der Waals surface area contributed by atoms with Crippen LogP contribution in [0.5, 0.6) is 0 Å². The van der Waals surface area contributed by atoms with Crippen LogP contribution >= 0.6 is 0 Å². The number of hydrogen-bond donors (Lipinski definition) is 0. The maximum absolute atomic E-state index is 13.8. The quantitative estimate of drug-likeness (QED) is 0.713. The third-order valence-corrected chi connectivity index (χ3v) is 6.96. The number of likely N-dealkylation sites (tertiary alicyclic amines) is 1. The minimum Gasteiger partial charge on any atom is -0.320 e. The first-order valence-electron chi connectivity index (χ1n) is 10.5. The Morgan fingerprint density at radius 1 is 1.04 bits per heavy atom. The first-order valence-corrected chi connectivity index (χ1v) is 10.5. The van der Waals surface area contributed by atoms with Crippen molar-refractivity contribution in [2.45, 2.75) is 95.1 Å². The number of halogens is 2. The summed E-state index contributed by atoms with van der Waals surface area (Å²) < 4.78 is 27.7. The van der Waals surface area contributed by atoms with E-state index in [1.165, 1.54) is 32.1 Å². The topological polar surface area (TPSA) is 35.9 Å². The Morgan fingerprint density at radius 3 is 2.42 bits per heavy atom. The van der Waals surface area contributed by atoms with Crippen molar-refractivity contribution in [1.82, 2.24) is 9.91 Å². The summed E-state index contributed by atoms with van der Waals surface area (Å²) in [5.74, 6) is 0.624. The second kappa shape index (κ2) is 7.81. The van der Waals surface area contributed by atoms with Gasteiger partial charge < -0.3 is 4.90 Å². The molecule has 0 aromatic carbocycles. The number of amides is 2. The summed E-state index contributed by atoms with van der Waals surface area (Å²) in [5.41, 5.74) is 0. The van der Waals surface area contributed by atoms with Gasteiger partial charge in [0.25, 0.3) is 0 Å². The molecule has 2 heterocycles. The van der Waals surface area contributed by atoms with Gasteiger partial charge in [-0.05, 0) is 37.5 Å². The van der Waals surface area contributed by atoms with Gasteiger partial charge in [0.05, 0.1) is 6.04 Å². The van der Waals surface area contributed by atoms with Gasteiger partial charge in [-0.25, -0.2) is 18.6 Å². The molecule has 0 N–H and O–H groups in total. The number of nitrogens with zero attached hydrogens (tertiary/aromatic N) is 3. The fourth-order valence-corrected chi connectivity index (χ4v) is 5.43. The molecule has 2 aliphatic heterocycles. The Kier molecular flexibility index (Phi) is 5.46. The SMILES string of the molecule is O=C(N1CCC1CC1CCCCC1)N1N=CC[C@H]1C1CC(F)CC(F)C1. The highest BCUT2D eigenvalue weighted by Crippen LogP contribution is 2.37. The van der Waals surface area contributed by atoms with Gasteiger partial charge in [0, 0.05) is 31.6 Å². The molecule has 2 aliphatic carbocycles. The van der Waals surface area contributed by atoms with Gasteiger partial charge in [0.1, 0.15) is 12.3 Å². The van der Waals surface area contributed by atoms with Gasteiger partial charge in [0.15, 0.2) is 0 Å². The lowest BCUT2D eigenvalue weighted by atomic mass is 9.80. The number of carbonyl (C=O) groups is 1. The second-order valence-electron chi connectivity index (χ2n) is 8.77. The van der Waals surface area contributed by atoms with Crippen LogP contribution in [0.1, 0.15) is 70.6 Å². The van der Waals surface area contributed by atoms with Crippen LogP contribution in [0.2, 0.25) is 0 Å². The monoisotopic (exact) mass is 367 g/mol. The number of urea groups is 1. The van der Waals surface area contributed by atoms with E-state index in [-0.39, 0.29) is 24.4 Å². The van der Waals surface area contributed by atoms with Crippen molar-refractivity contribution < 1.29 is 13.6 Å². The molecule has 4 nitrogen and oxygen atoms in total. The summed E-state index contributed by atoms with van der Waals surface area (Å²) in [5, 5.41) is 5.84. The van der Waals surface area contributed by atoms with E-state index in [2.05, 4.69) is 5.10 Å². The third kappa shape index (κ3) is 3.74. The van der Waals surface area contributed by atoms with Crippen molar-refractivity contribution in [3.63, 3.8) is 0 Å². The number of hydrazone groups is 1. The molecule has 0 radical (unpaired) electrons. The van der Waals surface area contributed by atoms with Crippen LogP contribution in [0.15, 0.2) is 5.10 Å². The Morgan fingerprint density at radius 2 is 1.77 bits per heavy atom. The normalized spacial score (nSPS) is 38.5. The molecular formula is C20H31F2N3O. The molecule has 146 valence electrons. The number of alkyl halides is 2. The van der Waals surface area contributed by atoms with E-state index in [1.807, 2.05) is 4.90 Å². The van der Waals surface area contributed by atoms with E-state index < -0.39 is 12.3 Å².